The van der Waals surface area contributed by atoms with Crippen LogP contribution < -0.4 is 15.0 Å². The Morgan fingerprint density at radius 1 is 1.06 bits per heavy atom. The molecule has 11 heteroatoms. The van der Waals surface area contributed by atoms with Crippen molar-refractivity contribution >= 4 is 34.3 Å². The summed E-state index contributed by atoms with van der Waals surface area (Å²) in [6.07, 6.45) is 1.57. The van der Waals surface area contributed by atoms with E-state index in [0.29, 0.717) is 55.8 Å². The smallest absolute Gasteiger partial charge is 0.262 e. The average molecular weight is 495 g/mol. The molecule has 34 heavy (non-hydrogen) atoms. The van der Waals surface area contributed by atoms with Gasteiger partial charge in [0.1, 0.15) is 5.76 Å². The molecule has 9 nitrogen and oxygen atoms in total. The standard InChI is InChI=1S/C23H15ClN4O5S/c24-14-5-3-13(4-6-14)21-26-20(33-27-21)11-34-23-25-17-9-19-18(31-12-32-19)8-16(17)22(29)28(23)10-15-2-1-7-30-15/h1-9H,10-12H2. The molecule has 5 aromatic rings. The van der Waals surface area contributed by atoms with E-state index in [1.807, 2.05) is 12.1 Å². The molecule has 3 aromatic heterocycles. The minimum atomic E-state index is -0.213. The topological polar surface area (TPSA) is 105 Å². The zero-order valence-corrected chi connectivity index (χ0v) is 19.0. The normalized spacial score (nSPS) is 12.5. The van der Waals surface area contributed by atoms with E-state index < -0.39 is 0 Å². The van der Waals surface area contributed by atoms with E-state index >= 15 is 0 Å². The maximum absolute atomic E-state index is 13.4. The van der Waals surface area contributed by atoms with Gasteiger partial charge in [0, 0.05) is 16.7 Å². The van der Waals surface area contributed by atoms with Crippen LogP contribution in [0.15, 0.2) is 73.7 Å². The molecule has 2 aromatic carbocycles. The Balaban J connectivity index is 1.34. The molecule has 0 atom stereocenters. The van der Waals surface area contributed by atoms with Crippen LogP contribution in [-0.4, -0.2) is 26.5 Å². The number of halogens is 1. The van der Waals surface area contributed by atoms with Gasteiger partial charge in [-0.25, -0.2) is 4.98 Å². The van der Waals surface area contributed by atoms with Gasteiger partial charge in [-0.15, -0.1) is 0 Å². The van der Waals surface area contributed by atoms with Crippen LogP contribution in [0.5, 0.6) is 11.5 Å². The SMILES string of the molecule is O=c1c2cc3c(cc2nc(SCc2nc(-c4ccc(Cl)cc4)no2)n1Cc1ccco1)OCO3. The lowest BCUT2D eigenvalue weighted by atomic mass is 10.2. The fraction of sp³-hybridized carbons (Fsp3) is 0.130. The molecule has 0 saturated carbocycles. The fourth-order valence-corrected chi connectivity index (χ4v) is 4.52. The van der Waals surface area contributed by atoms with Crippen molar-refractivity contribution in [1.82, 2.24) is 19.7 Å². The summed E-state index contributed by atoms with van der Waals surface area (Å²) in [5.74, 6) is 2.90. The van der Waals surface area contributed by atoms with Crippen molar-refractivity contribution in [2.24, 2.45) is 0 Å². The number of ether oxygens (including phenoxy) is 2. The lowest BCUT2D eigenvalue weighted by Gasteiger charge is -2.12. The van der Waals surface area contributed by atoms with Crippen molar-refractivity contribution in [2.45, 2.75) is 17.5 Å². The Morgan fingerprint density at radius 2 is 1.88 bits per heavy atom. The molecule has 0 unspecified atom stereocenters. The van der Waals surface area contributed by atoms with Crippen LogP contribution in [0.4, 0.5) is 0 Å². The zero-order chi connectivity index (χ0) is 23.1. The second kappa shape index (κ2) is 8.54. The first-order chi connectivity index (χ1) is 16.6. The highest BCUT2D eigenvalue weighted by Crippen LogP contribution is 2.35. The highest BCUT2D eigenvalue weighted by molar-refractivity contribution is 7.98. The van der Waals surface area contributed by atoms with Crippen molar-refractivity contribution in [3.8, 4) is 22.9 Å². The number of rotatable bonds is 6. The Kier molecular flexibility index (Phi) is 5.23. The van der Waals surface area contributed by atoms with Gasteiger partial charge in [-0.1, -0.05) is 28.5 Å². The minimum absolute atomic E-state index is 0.112. The van der Waals surface area contributed by atoms with E-state index in [-0.39, 0.29) is 18.9 Å². The molecular weight excluding hydrogens is 480 g/mol. The van der Waals surface area contributed by atoms with Crippen molar-refractivity contribution in [2.75, 3.05) is 6.79 Å². The second-order valence-electron chi connectivity index (χ2n) is 7.39. The molecule has 0 saturated heterocycles. The average Bonchev–Trinajstić information content (AvgIpc) is 3.61. The number of nitrogens with zero attached hydrogens (tertiary/aromatic N) is 4. The Labute approximate surface area is 201 Å². The lowest BCUT2D eigenvalue weighted by molar-refractivity contribution is 0.174. The Bertz CT molecular complexity index is 1550. The van der Waals surface area contributed by atoms with Gasteiger partial charge in [0.15, 0.2) is 16.7 Å². The molecule has 0 amide bonds. The van der Waals surface area contributed by atoms with E-state index in [4.69, 9.17) is 35.0 Å². The number of thioether (sulfide) groups is 1. The molecule has 0 fully saturated rings. The summed E-state index contributed by atoms with van der Waals surface area (Å²) < 4.78 is 23.3. The third-order valence-corrected chi connectivity index (χ3v) is 6.42. The summed E-state index contributed by atoms with van der Waals surface area (Å²) in [4.78, 5) is 22.6. The largest absolute Gasteiger partial charge is 0.467 e. The van der Waals surface area contributed by atoms with Crippen molar-refractivity contribution in [3.05, 3.63) is 81.8 Å². The maximum atomic E-state index is 13.4. The van der Waals surface area contributed by atoms with Gasteiger partial charge in [0.05, 0.1) is 29.5 Å². The van der Waals surface area contributed by atoms with Gasteiger partial charge in [-0.05, 0) is 42.5 Å². The molecule has 1 aliphatic rings. The van der Waals surface area contributed by atoms with Gasteiger partial charge in [-0.3, -0.25) is 9.36 Å². The van der Waals surface area contributed by atoms with Crippen LogP contribution >= 0.6 is 23.4 Å². The first-order valence-corrected chi connectivity index (χ1v) is 11.6. The number of fused-ring (bicyclic) bond motifs is 2. The Hall–Kier alpha value is -3.76. The van der Waals surface area contributed by atoms with Crippen molar-refractivity contribution in [3.63, 3.8) is 0 Å². The maximum Gasteiger partial charge on any atom is 0.262 e. The molecule has 0 spiro atoms. The Morgan fingerprint density at radius 3 is 2.68 bits per heavy atom. The predicted molar refractivity (Wildman–Crippen MR) is 124 cm³/mol. The van der Waals surface area contributed by atoms with Gasteiger partial charge < -0.3 is 18.4 Å². The van der Waals surface area contributed by atoms with E-state index in [0.717, 1.165) is 5.56 Å². The molecule has 0 bridgehead atoms. The zero-order valence-electron chi connectivity index (χ0n) is 17.4. The number of hydrogen-bond donors (Lipinski definition) is 0. The first-order valence-electron chi connectivity index (χ1n) is 10.2. The van der Waals surface area contributed by atoms with Crippen LogP contribution in [0.2, 0.25) is 5.02 Å². The number of furan rings is 1. The summed E-state index contributed by atoms with van der Waals surface area (Å²) in [5.41, 5.74) is 1.09. The highest BCUT2D eigenvalue weighted by Gasteiger charge is 2.20. The van der Waals surface area contributed by atoms with Crippen LogP contribution in [-0.2, 0) is 12.3 Å². The molecule has 170 valence electrons. The van der Waals surface area contributed by atoms with Crippen LogP contribution in [0, 0.1) is 0 Å². The van der Waals surface area contributed by atoms with Gasteiger partial charge in [-0.2, -0.15) is 4.98 Å². The summed E-state index contributed by atoms with van der Waals surface area (Å²) in [6, 6.07) is 14.1. The number of aromatic nitrogens is 4. The predicted octanol–water partition coefficient (Wildman–Crippen LogP) is 4.76. The summed E-state index contributed by atoms with van der Waals surface area (Å²) in [5, 5.41) is 5.59. The fourth-order valence-electron chi connectivity index (χ4n) is 3.55. The van der Waals surface area contributed by atoms with Gasteiger partial charge in [0.25, 0.3) is 5.56 Å². The molecule has 0 radical (unpaired) electrons. The third kappa shape index (κ3) is 3.91. The summed E-state index contributed by atoms with van der Waals surface area (Å²) >= 11 is 7.26. The quantitative estimate of drug-likeness (QED) is 0.244. The van der Waals surface area contributed by atoms with Crippen LogP contribution in [0.1, 0.15) is 11.7 Å². The highest BCUT2D eigenvalue weighted by atomic mass is 35.5. The van der Waals surface area contributed by atoms with E-state index in [1.54, 1.807) is 47.2 Å². The molecule has 4 heterocycles. The molecule has 0 aliphatic carbocycles. The van der Waals surface area contributed by atoms with E-state index in [1.165, 1.54) is 11.8 Å². The molecule has 0 N–H and O–H groups in total. The van der Waals surface area contributed by atoms with E-state index in [9.17, 15) is 4.79 Å². The van der Waals surface area contributed by atoms with Crippen LogP contribution in [0.3, 0.4) is 0 Å². The van der Waals surface area contributed by atoms with Gasteiger partial charge >= 0.3 is 0 Å². The van der Waals surface area contributed by atoms with E-state index in [2.05, 4.69) is 10.1 Å². The van der Waals surface area contributed by atoms with Crippen molar-refractivity contribution in [1.29, 1.82) is 0 Å². The summed E-state index contributed by atoms with van der Waals surface area (Å²) in [6.45, 7) is 0.340. The monoisotopic (exact) mass is 494 g/mol. The van der Waals surface area contributed by atoms with Gasteiger partial charge in [0.2, 0.25) is 18.5 Å². The summed E-state index contributed by atoms with van der Waals surface area (Å²) in [7, 11) is 0. The molecule has 1 aliphatic heterocycles. The van der Waals surface area contributed by atoms with Crippen LogP contribution in [0.25, 0.3) is 22.3 Å². The number of hydrogen-bond acceptors (Lipinski definition) is 9. The first kappa shape index (κ1) is 20.8. The third-order valence-electron chi connectivity index (χ3n) is 5.20. The lowest BCUT2D eigenvalue weighted by Crippen LogP contribution is -2.23. The number of benzene rings is 2. The molecule has 6 rings (SSSR count). The minimum Gasteiger partial charge on any atom is -0.467 e. The molecular formula is C23H15ClN4O5S. The van der Waals surface area contributed by atoms with Crippen molar-refractivity contribution < 1.29 is 18.4 Å². The second-order valence-corrected chi connectivity index (χ2v) is 8.77.